The lowest BCUT2D eigenvalue weighted by atomic mass is 10.2. The molecule has 1 aromatic rings. The maximum atomic E-state index is 4.34. The van der Waals surface area contributed by atoms with E-state index in [0.29, 0.717) is 0 Å². The highest BCUT2D eigenvalue weighted by Crippen LogP contribution is 2.38. The Kier molecular flexibility index (Phi) is 3.27. The maximum Gasteiger partial charge on any atom is 0.0434 e. The monoisotopic (exact) mass is 163 g/mol. The van der Waals surface area contributed by atoms with Crippen LogP contribution in [0.25, 0.3) is 0 Å². The van der Waals surface area contributed by atoms with Gasteiger partial charge in [-0.2, -0.15) is 0 Å². The molecule has 2 rings (SSSR count). The number of pyridine rings is 1. The largest absolute Gasteiger partial charge is 0.261 e. The molecule has 1 saturated carbocycles. The van der Waals surface area contributed by atoms with Crippen molar-refractivity contribution in [3.8, 4) is 0 Å². The molecular weight excluding hydrogens is 146 g/mol. The van der Waals surface area contributed by atoms with Crippen LogP contribution in [-0.4, -0.2) is 4.98 Å². The summed E-state index contributed by atoms with van der Waals surface area (Å²) in [5.41, 5.74) is 2.54. The van der Waals surface area contributed by atoms with Crippen molar-refractivity contribution >= 4 is 0 Å². The highest BCUT2D eigenvalue weighted by molar-refractivity contribution is 5.18. The lowest BCUT2D eigenvalue weighted by Gasteiger charge is -1.95. The number of nitrogens with zero attached hydrogens (tertiary/aromatic N) is 1. The van der Waals surface area contributed by atoms with Gasteiger partial charge in [-0.1, -0.05) is 19.9 Å². The van der Waals surface area contributed by atoms with E-state index in [-0.39, 0.29) is 0 Å². The molecule has 0 N–H and O–H groups in total. The number of aryl methyl sites for hydroxylation is 1. The van der Waals surface area contributed by atoms with Crippen LogP contribution < -0.4 is 0 Å². The van der Waals surface area contributed by atoms with Gasteiger partial charge in [0.15, 0.2) is 0 Å². The summed E-state index contributed by atoms with van der Waals surface area (Å²) < 4.78 is 0. The molecule has 0 aliphatic heterocycles. The molecule has 0 spiro atoms. The lowest BCUT2D eigenvalue weighted by molar-refractivity contribution is 1.01. The van der Waals surface area contributed by atoms with Crippen molar-refractivity contribution in [2.75, 3.05) is 0 Å². The zero-order chi connectivity index (χ0) is 8.97. The lowest BCUT2D eigenvalue weighted by Crippen LogP contribution is -1.84. The number of hydrogen-bond acceptors (Lipinski definition) is 1. The highest BCUT2D eigenvalue weighted by atomic mass is 14.7. The standard InChI is InChI=1S/C9H11N.C2H6/c1-7-2-5-9(10-6-7)8-3-4-8;1-2/h2,5-6,8H,3-4H2,1H3;1-2H3. The molecule has 1 nitrogen and oxygen atoms in total. The van der Waals surface area contributed by atoms with Gasteiger partial charge in [0.1, 0.15) is 0 Å². The van der Waals surface area contributed by atoms with E-state index in [1.807, 2.05) is 20.0 Å². The van der Waals surface area contributed by atoms with Crippen LogP contribution in [0.4, 0.5) is 0 Å². The summed E-state index contributed by atoms with van der Waals surface area (Å²) in [5, 5.41) is 0. The molecular formula is C11H17N. The van der Waals surface area contributed by atoms with Crippen LogP contribution in [0.15, 0.2) is 18.3 Å². The van der Waals surface area contributed by atoms with Crippen molar-refractivity contribution in [2.24, 2.45) is 0 Å². The smallest absolute Gasteiger partial charge is 0.0434 e. The summed E-state index contributed by atoms with van der Waals surface area (Å²) >= 11 is 0. The molecule has 12 heavy (non-hydrogen) atoms. The summed E-state index contributed by atoms with van der Waals surface area (Å²) in [5.74, 6) is 0.792. The third-order valence-corrected chi connectivity index (χ3v) is 1.93. The van der Waals surface area contributed by atoms with E-state index >= 15 is 0 Å². The minimum Gasteiger partial charge on any atom is -0.261 e. The Labute approximate surface area is 74.8 Å². The Morgan fingerprint density at radius 1 is 1.25 bits per heavy atom. The Morgan fingerprint density at radius 2 is 1.92 bits per heavy atom. The third kappa shape index (κ3) is 2.33. The predicted molar refractivity (Wildman–Crippen MR) is 52.3 cm³/mol. The molecule has 1 aliphatic carbocycles. The van der Waals surface area contributed by atoms with Crippen molar-refractivity contribution in [1.29, 1.82) is 0 Å². The SMILES string of the molecule is CC.Cc1ccc(C2CC2)nc1. The first-order valence-electron chi connectivity index (χ1n) is 4.79. The molecule has 0 aromatic carbocycles. The van der Waals surface area contributed by atoms with Crippen LogP contribution in [0.3, 0.4) is 0 Å². The fraction of sp³-hybridized carbons (Fsp3) is 0.545. The van der Waals surface area contributed by atoms with Gasteiger partial charge in [0.2, 0.25) is 0 Å². The van der Waals surface area contributed by atoms with Gasteiger partial charge in [-0.15, -0.1) is 0 Å². The average molecular weight is 163 g/mol. The van der Waals surface area contributed by atoms with Gasteiger partial charge in [-0.3, -0.25) is 4.98 Å². The molecule has 1 fully saturated rings. The van der Waals surface area contributed by atoms with Gasteiger partial charge >= 0.3 is 0 Å². The molecule has 0 radical (unpaired) electrons. The Hall–Kier alpha value is -0.850. The second-order valence-electron chi connectivity index (χ2n) is 3.03. The summed E-state index contributed by atoms with van der Waals surface area (Å²) in [6, 6.07) is 4.29. The van der Waals surface area contributed by atoms with E-state index in [1.54, 1.807) is 0 Å². The van der Waals surface area contributed by atoms with Gasteiger partial charge < -0.3 is 0 Å². The molecule has 0 bridgehead atoms. The van der Waals surface area contributed by atoms with E-state index in [4.69, 9.17) is 0 Å². The zero-order valence-corrected chi connectivity index (χ0v) is 8.17. The fourth-order valence-corrected chi connectivity index (χ4v) is 1.10. The fourth-order valence-electron chi connectivity index (χ4n) is 1.10. The van der Waals surface area contributed by atoms with Crippen molar-refractivity contribution in [2.45, 2.75) is 39.5 Å². The summed E-state index contributed by atoms with van der Waals surface area (Å²) in [6.45, 7) is 6.07. The van der Waals surface area contributed by atoms with Crippen LogP contribution in [-0.2, 0) is 0 Å². The van der Waals surface area contributed by atoms with Crippen molar-refractivity contribution in [3.63, 3.8) is 0 Å². The van der Waals surface area contributed by atoms with Gasteiger partial charge in [-0.05, 0) is 31.4 Å². The molecule has 0 saturated heterocycles. The Bertz CT molecular complexity index is 221. The summed E-state index contributed by atoms with van der Waals surface area (Å²) in [7, 11) is 0. The van der Waals surface area contributed by atoms with Crippen LogP contribution >= 0.6 is 0 Å². The number of rotatable bonds is 1. The molecule has 0 amide bonds. The maximum absolute atomic E-state index is 4.34. The van der Waals surface area contributed by atoms with Crippen molar-refractivity contribution in [3.05, 3.63) is 29.6 Å². The van der Waals surface area contributed by atoms with E-state index in [1.165, 1.54) is 24.1 Å². The van der Waals surface area contributed by atoms with Crippen molar-refractivity contribution in [1.82, 2.24) is 4.98 Å². The first kappa shape index (κ1) is 9.24. The van der Waals surface area contributed by atoms with Gasteiger partial charge in [-0.25, -0.2) is 0 Å². The van der Waals surface area contributed by atoms with Gasteiger partial charge in [0.25, 0.3) is 0 Å². The predicted octanol–water partition coefficient (Wildman–Crippen LogP) is 3.29. The van der Waals surface area contributed by atoms with Gasteiger partial charge in [0.05, 0.1) is 0 Å². The first-order chi connectivity index (χ1) is 5.86. The molecule has 1 aliphatic rings. The molecule has 0 unspecified atom stereocenters. The topological polar surface area (TPSA) is 12.9 Å². The Balaban J connectivity index is 0.000000336. The second-order valence-corrected chi connectivity index (χ2v) is 3.03. The number of aromatic nitrogens is 1. The summed E-state index contributed by atoms with van der Waals surface area (Å²) in [4.78, 5) is 4.34. The highest BCUT2D eigenvalue weighted by Gasteiger charge is 2.24. The molecule has 1 aromatic heterocycles. The van der Waals surface area contributed by atoms with Crippen molar-refractivity contribution < 1.29 is 0 Å². The van der Waals surface area contributed by atoms with E-state index < -0.39 is 0 Å². The van der Waals surface area contributed by atoms with Crippen LogP contribution in [0.1, 0.15) is 43.9 Å². The third-order valence-electron chi connectivity index (χ3n) is 1.93. The van der Waals surface area contributed by atoms with Crippen LogP contribution in [0.5, 0.6) is 0 Å². The average Bonchev–Trinajstić information content (AvgIpc) is 2.93. The number of hydrogen-bond donors (Lipinski definition) is 0. The Morgan fingerprint density at radius 3 is 2.33 bits per heavy atom. The molecule has 1 heterocycles. The van der Waals surface area contributed by atoms with Gasteiger partial charge in [0, 0.05) is 17.8 Å². The second kappa shape index (κ2) is 4.24. The van der Waals surface area contributed by atoms with E-state index in [9.17, 15) is 0 Å². The molecule has 66 valence electrons. The minimum absolute atomic E-state index is 0.792. The van der Waals surface area contributed by atoms with Crippen LogP contribution in [0, 0.1) is 6.92 Å². The zero-order valence-electron chi connectivity index (χ0n) is 8.17. The van der Waals surface area contributed by atoms with E-state index in [0.717, 1.165) is 5.92 Å². The normalized spacial score (nSPS) is 14.9. The van der Waals surface area contributed by atoms with Crippen LogP contribution in [0.2, 0.25) is 0 Å². The molecule has 1 heteroatoms. The molecule has 0 atom stereocenters. The summed E-state index contributed by atoms with van der Waals surface area (Å²) in [6.07, 6.45) is 4.64. The first-order valence-corrected chi connectivity index (χ1v) is 4.79. The van der Waals surface area contributed by atoms with E-state index in [2.05, 4.69) is 24.0 Å². The minimum atomic E-state index is 0.792. The quantitative estimate of drug-likeness (QED) is 0.619.